The van der Waals surface area contributed by atoms with Crippen molar-refractivity contribution in [2.45, 2.75) is 35.8 Å². The predicted molar refractivity (Wildman–Crippen MR) is 90.2 cm³/mol. The molecule has 0 bridgehead atoms. The van der Waals surface area contributed by atoms with Crippen LogP contribution in [0.2, 0.25) is 0 Å². The molecule has 0 atom stereocenters. The Hall–Kier alpha value is 0.0260. The average Bonchev–Trinajstić information content (AvgIpc) is 2.90. The number of nitrogens with one attached hydrogen (secondary N) is 3. The maximum Gasteiger partial charge on any atom is 4.00 e. The van der Waals surface area contributed by atoms with Gasteiger partial charge in [-0.15, -0.1) is 0 Å². The summed E-state index contributed by atoms with van der Waals surface area (Å²) >= 11 is -8.38. The summed E-state index contributed by atoms with van der Waals surface area (Å²) in [5.74, 6) is 0. The van der Waals surface area contributed by atoms with Gasteiger partial charge in [0.1, 0.15) is 0 Å². The minimum absolute atomic E-state index is 0. The number of rotatable bonds is 1. The van der Waals surface area contributed by atoms with E-state index in [-0.39, 0.29) is 38.3 Å². The summed E-state index contributed by atoms with van der Waals surface area (Å²) in [4.78, 5) is 0. The van der Waals surface area contributed by atoms with Crippen LogP contribution in [0.1, 0.15) is 20.8 Å². The minimum atomic E-state index is -8.38. The van der Waals surface area contributed by atoms with E-state index in [4.69, 9.17) is 17.2 Å². The first-order chi connectivity index (χ1) is 12.1. The first kappa shape index (κ1) is 35.5. The average molecular weight is 567 g/mol. The molecule has 14 heteroatoms. The van der Waals surface area contributed by atoms with Crippen molar-refractivity contribution in [1.82, 2.24) is 0 Å². The van der Waals surface area contributed by atoms with Gasteiger partial charge in [-0.3, -0.25) is 0 Å². The van der Waals surface area contributed by atoms with Gasteiger partial charge in [0.25, 0.3) is 0 Å². The first-order valence-corrected chi connectivity index (χ1v) is 11.7. The van der Waals surface area contributed by atoms with Gasteiger partial charge in [0.05, 0.1) is 0 Å². The summed E-state index contributed by atoms with van der Waals surface area (Å²) in [6.07, 6.45) is 0. The van der Waals surface area contributed by atoms with Crippen LogP contribution in [-0.2, 0) is 26.2 Å². The molecule has 0 aromatic heterocycles. The van der Waals surface area contributed by atoms with Crippen molar-refractivity contribution in [3.63, 3.8) is 0 Å². The Morgan fingerprint density at radius 3 is 0.964 bits per heavy atom. The third-order valence-electron chi connectivity index (χ3n) is 2.37. The molecule has 3 nitrogen and oxygen atoms in total. The van der Waals surface area contributed by atoms with Crippen LogP contribution in [0.25, 0.3) is 17.2 Å². The second kappa shape index (κ2) is 15.8. The number of alkyl halides is 9. The molecule has 0 aliphatic carbocycles. The fourth-order valence-electron chi connectivity index (χ4n) is 1.60. The van der Waals surface area contributed by atoms with E-state index >= 15 is 0 Å². The van der Waals surface area contributed by atoms with E-state index < -0.39 is 32.7 Å². The Morgan fingerprint density at radius 1 is 0.643 bits per heavy atom. The van der Waals surface area contributed by atoms with E-state index in [1.54, 1.807) is 20.8 Å². The van der Waals surface area contributed by atoms with E-state index in [0.29, 0.717) is 19.6 Å². The summed E-state index contributed by atoms with van der Waals surface area (Å²) in [5, 5.41) is -19.1. The van der Waals surface area contributed by atoms with Gasteiger partial charge in [-0.25, -0.2) is 0 Å². The number of hydrogen-bond donors (Lipinski definition) is 0. The second-order valence-electron chi connectivity index (χ2n) is 4.48. The summed E-state index contributed by atoms with van der Waals surface area (Å²) in [7, 11) is 0. The normalized spacial score (nSPS) is 11.5. The Kier molecular flexibility index (Phi) is 20.0. The van der Waals surface area contributed by atoms with Gasteiger partial charge in [-0.2, -0.15) is 19.6 Å². The Labute approximate surface area is 180 Å². The third-order valence-corrected chi connectivity index (χ3v) is 10.2. The fourth-order valence-corrected chi connectivity index (χ4v) is 7.13. The molecule has 0 spiro atoms. The molecule has 0 fully saturated rings. The molecule has 0 saturated heterocycles. The Balaban J connectivity index is -0.000000245. The Bertz CT molecular complexity index is 419. The molecule has 1 rings (SSSR count). The van der Waals surface area contributed by atoms with E-state index in [1.165, 1.54) is 0 Å². The van der Waals surface area contributed by atoms with Crippen molar-refractivity contribution in [2.24, 2.45) is 0 Å². The van der Waals surface area contributed by atoms with Gasteiger partial charge < -0.3 is 17.2 Å². The molecule has 0 heterocycles. The van der Waals surface area contributed by atoms with Gasteiger partial charge >= 0.3 is 123 Å². The quantitative estimate of drug-likeness (QED) is 0.210. The molecular formula is C14H22F9GeN3Zr. The standard InChI is InChI=1S/C8H4F9Ge.3C2H6N.Zr/c9-6(10,11)18(7(12,13)14,8(15,16)17)5-3-1-2-4-5;3*1-2-3;/h1-4H;3*3H,2H2,1H3;/q4*-1;+4. The SMILES string of the molecule is CC[NH-].CC[NH-].CC[NH-].F[C](F)(F)[Ge]([c-]1cccc1)([C](F)(F)F)[C](F)(F)F.[Zr+4]. The maximum atomic E-state index is 12.6. The zero-order chi connectivity index (χ0) is 22.5. The van der Waals surface area contributed by atoms with Crippen molar-refractivity contribution in [3.8, 4) is 0 Å². The monoisotopic (exact) mass is 567 g/mol. The molecule has 0 aliphatic rings. The topological polar surface area (TPSA) is 71.4 Å². The Morgan fingerprint density at radius 2 is 0.821 bits per heavy atom. The van der Waals surface area contributed by atoms with Crippen LogP contribution in [0, 0.1) is 0 Å². The molecule has 164 valence electrons. The molecule has 0 aliphatic heterocycles. The zero-order valence-corrected chi connectivity index (χ0v) is 19.9. The van der Waals surface area contributed by atoms with Crippen molar-refractivity contribution in [3.05, 3.63) is 41.5 Å². The van der Waals surface area contributed by atoms with Gasteiger partial charge in [0, 0.05) is 0 Å². The zero-order valence-electron chi connectivity index (χ0n) is 15.3. The molecule has 1 aromatic rings. The second-order valence-corrected chi connectivity index (χ2v) is 12.4. The van der Waals surface area contributed by atoms with Crippen LogP contribution in [0.15, 0.2) is 24.3 Å². The van der Waals surface area contributed by atoms with Crippen molar-refractivity contribution >= 4 is 17.7 Å². The molecule has 28 heavy (non-hydrogen) atoms. The fraction of sp³-hybridized carbons (Fsp3) is 0.643. The summed E-state index contributed by atoms with van der Waals surface area (Å²) in [6, 6.07) is 1.90. The van der Waals surface area contributed by atoms with Crippen LogP contribution in [0.5, 0.6) is 0 Å². The van der Waals surface area contributed by atoms with Crippen LogP contribution < -0.4 is 4.40 Å². The molecule has 1 aromatic carbocycles. The molecular weight excluding hydrogens is 545 g/mol. The molecule has 0 unspecified atom stereocenters. The van der Waals surface area contributed by atoms with Crippen molar-refractivity contribution in [1.29, 1.82) is 0 Å². The van der Waals surface area contributed by atoms with E-state index in [9.17, 15) is 39.5 Å². The van der Waals surface area contributed by atoms with Crippen LogP contribution in [-0.4, -0.2) is 47.9 Å². The van der Waals surface area contributed by atoms with E-state index in [1.807, 2.05) is 0 Å². The van der Waals surface area contributed by atoms with Gasteiger partial charge in [-0.05, 0) is 0 Å². The summed E-state index contributed by atoms with van der Waals surface area (Å²) in [6.45, 7) is 6.88. The third kappa shape index (κ3) is 10.2. The van der Waals surface area contributed by atoms with Crippen molar-refractivity contribution in [2.75, 3.05) is 19.6 Å². The van der Waals surface area contributed by atoms with E-state index in [2.05, 4.69) is 0 Å². The van der Waals surface area contributed by atoms with Gasteiger partial charge in [-0.1, -0.05) is 20.8 Å². The number of halogens is 9. The molecule has 3 N–H and O–H groups in total. The van der Waals surface area contributed by atoms with Crippen molar-refractivity contribution < 1.29 is 65.7 Å². The largest absolute Gasteiger partial charge is 4.00 e. The van der Waals surface area contributed by atoms with Crippen LogP contribution in [0.4, 0.5) is 39.5 Å². The smallest absolute Gasteiger partial charge is 4.00 e. The maximum absolute atomic E-state index is 12.6. The molecule has 0 radical (unpaired) electrons. The van der Waals surface area contributed by atoms with Gasteiger partial charge in [0.2, 0.25) is 0 Å². The molecule has 0 amide bonds. The summed E-state index contributed by atoms with van der Waals surface area (Å²) in [5.41, 5.74) is 18.6. The van der Waals surface area contributed by atoms with Crippen LogP contribution >= 0.6 is 0 Å². The van der Waals surface area contributed by atoms with Gasteiger partial charge in [0.15, 0.2) is 0 Å². The van der Waals surface area contributed by atoms with Crippen LogP contribution in [0.3, 0.4) is 0 Å². The first-order valence-electron chi connectivity index (χ1n) is 7.46. The van der Waals surface area contributed by atoms with E-state index in [0.717, 1.165) is 12.1 Å². The number of hydrogen-bond acceptors (Lipinski definition) is 0. The predicted octanol–water partition coefficient (Wildman–Crippen LogP) is 6.54. The molecule has 0 saturated carbocycles. The minimum Gasteiger partial charge on any atom is 4.00 e. The summed E-state index contributed by atoms with van der Waals surface area (Å²) < 4.78 is 111.